The average molecular weight is 267 g/mol. The van der Waals surface area contributed by atoms with Crippen LogP contribution in [0.4, 0.5) is 5.82 Å². The minimum Gasteiger partial charge on any atom is -0.389 e. The number of benzene rings is 1. The molecule has 0 aliphatic heterocycles. The second kappa shape index (κ2) is 6.18. The van der Waals surface area contributed by atoms with E-state index in [2.05, 4.69) is 11.1 Å². The van der Waals surface area contributed by atoms with Crippen LogP contribution >= 0.6 is 0 Å². The largest absolute Gasteiger partial charge is 0.389 e. The predicted octanol–water partition coefficient (Wildman–Crippen LogP) is 2.64. The fourth-order valence-corrected chi connectivity index (χ4v) is 1.96. The van der Waals surface area contributed by atoms with Crippen LogP contribution in [0.2, 0.25) is 0 Å². The van der Waals surface area contributed by atoms with Crippen molar-refractivity contribution in [1.29, 1.82) is 5.26 Å². The van der Waals surface area contributed by atoms with Crippen molar-refractivity contribution in [1.82, 2.24) is 4.98 Å². The number of aliphatic hydroxyl groups is 1. The van der Waals surface area contributed by atoms with Gasteiger partial charge in [-0.1, -0.05) is 18.2 Å². The van der Waals surface area contributed by atoms with Crippen LogP contribution < -0.4 is 4.90 Å². The number of nitrogens with zero attached hydrogens (tertiary/aromatic N) is 3. The minimum absolute atomic E-state index is 0.505. The number of hydrogen-bond donors (Lipinski definition) is 1. The second-order valence-corrected chi connectivity index (χ2v) is 4.79. The van der Waals surface area contributed by atoms with Crippen LogP contribution in [0.1, 0.15) is 29.7 Å². The molecule has 4 nitrogen and oxygen atoms in total. The number of hydrogen-bond acceptors (Lipinski definition) is 4. The summed E-state index contributed by atoms with van der Waals surface area (Å²) < 4.78 is 0. The van der Waals surface area contributed by atoms with E-state index >= 15 is 0 Å². The highest BCUT2D eigenvalue weighted by atomic mass is 16.3. The summed E-state index contributed by atoms with van der Waals surface area (Å²) in [5, 5.41) is 18.4. The Hall–Kier alpha value is -2.38. The molecule has 0 unspecified atom stereocenters. The van der Waals surface area contributed by atoms with Crippen molar-refractivity contribution in [2.45, 2.75) is 19.6 Å². The highest BCUT2D eigenvalue weighted by Gasteiger charge is 2.06. The Balaban J connectivity index is 2.11. The molecule has 1 N–H and O–H groups in total. The van der Waals surface area contributed by atoms with E-state index in [-0.39, 0.29) is 0 Å². The third-order valence-electron chi connectivity index (χ3n) is 3.12. The van der Waals surface area contributed by atoms with E-state index in [1.165, 1.54) is 0 Å². The first-order valence-corrected chi connectivity index (χ1v) is 6.44. The summed E-state index contributed by atoms with van der Waals surface area (Å²) in [5.74, 6) is 0.830. The molecule has 2 aromatic rings. The normalized spacial score (nSPS) is 11.7. The van der Waals surface area contributed by atoms with Crippen molar-refractivity contribution in [3.8, 4) is 6.07 Å². The van der Waals surface area contributed by atoms with Gasteiger partial charge in [-0.05, 0) is 36.2 Å². The van der Waals surface area contributed by atoms with Gasteiger partial charge >= 0.3 is 0 Å². The summed E-state index contributed by atoms with van der Waals surface area (Å²) in [5.41, 5.74) is 2.52. The first kappa shape index (κ1) is 14.0. The van der Waals surface area contributed by atoms with Crippen molar-refractivity contribution in [3.05, 3.63) is 59.3 Å². The molecule has 0 saturated heterocycles. The third kappa shape index (κ3) is 3.34. The van der Waals surface area contributed by atoms with E-state index in [0.29, 0.717) is 12.1 Å². The van der Waals surface area contributed by atoms with Crippen molar-refractivity contribution in [2.24, 2.45) is 0 Å². The van der Waals surface area contributed by atoms with Gasteiger partial charge in [0.05, 0.1) is 17.7 Å². The Morgan fingerprint density at radius 1 is 1.35 bits per heavy atom. The number of nitriles is 1. The molecule has 0 amide bonds. The van der Waals surface area contributed by atoms with Gasteiger partial charge in [0.1, 0.15) is 5.82 Å². The molecule has 4 heteroatoms. The molecular formula is C16H17N3O. The molecular weight excluding hydrogens is 250 g/mol. The standard InChI is InChI=1S/C16H17N3O/c1-12(20)15-6-7-16(18-10-15)19(2)11-14-5-3-4-13(8-14)9-17/h3-8,10,12,20H,11H2,1-2H3/t12-/m1/s1. The van der Waals surface area contributed by atoms with Crippen molar-refractivity contribution in [2.75, 3.05) is 11.9 Å². The van der Waals surface area contributed by atoms with E-state index in [9.17, 15) is 5.11 Å². The van der Waals surface area contributed by atoms with Crippen LogP contribution in [0.15, 0.2) is 42.6 Å². The molecule has 2 rings (SSSR count). The van der Waals surface area contributed by atoms with Gasteiger partial charge in [-0.25, -0.2) is 4.98 Å². The van der Waals surface area contributed by atoms with Gasteiger partial charge in [-0.2, -0.15) is 5.26 Å². The zero-order chi connectivity index (χ0) is 14.5. The van der Waals surface area contributed by atoms with Crippen LogP contribution in [0.3, 0.4) is 0 Å². The first-order chi connectivity index (χ1) is 9.60. The molecule has 0 radical (unpaired) electrons. The van der Waals surface area contributed by atoms with Crippen molar-refractivity contribution >= 4 is 5.82 Å². The summed E-state index contributed by atoms with van der Waals surface area (Å²) in [7, 11) is 1.95. The molecule has 20 heavy (non-hydrogen) atoms. The molecule has 0 bridgehead atoms. The summed E-state index contributed by atoms with van der Waals surface area (Å²) in [4.78, 5) is 6.34. The summed E-state index contributed by atoms with van der Waals surface area (Å²) in [6, 6.07) is 13.4. The maximum absolute atomic E-state index is 9.46. The number of pyridine rings is 1. The molecule has 1 aromatic heterocycles. The monoisotopic (exact) mass is 267 g/mol. The number of anilines is 1. The van der Waals surface area contributed by atoms with E-state index in [1.807, 2.05) is 42.3 Å². The number of aliphatic hydroxyl groups excluding tert-OH is 1. The van der Waals surface area contributed by atoms with Crippen LogP contribution in [0.5, 0.6) is 0 Å². The van der Waals surface area contributed by atoms with Gasteiger partial charge in [0.15, 0.2) is 0 Å². The van der Waals surface area contributed by atoms with Gasteiger partial charge in [0, 0.05) is 19.8 Å². The van der Waals surface area contributed by atoms with E-state index < -0.39 is 6.10 Å². The average Bonchev–Trinajstić information content (AvgIpc) is 2.47. The Morgan fingerprint density at radius 3 is 2.75 bits per heavy atom. The molecule has 0 aliphatic carbocycles. The van der Waals surface area contributed by atoms with Gasteiger partial charge in [0.25, 0.3) is 0 Å². The first-order valence-electron chi connectivity index (χ1n) is 6.44. The van der Waals surface area contributed by atoms with Gasteiger partial charge in [-0.3, -0.25) is 0 Å². The highest BCUT2D eigenvalue weighted by Crippen LogP contribution is 2.17. The SMILES string of the molecule is C[C@@H](O)c1ccc(N(C)Cc2cccc(C#N)c2)nc1. The topological polar surface area (TPSA) is 60.1 Å². The van der Waals surface area contributed by atoms with E-state index in [4.69, 9.17) is 5.26 Å². The third-order valence-corrected chi connectivity index (χ3v) is 3.12. The lowest BCUT2D eigenvalue weighted by molar-refractivity contribution is 0.199. The molecule has 0 saturated carbocycles. The van der Waals surface area contributed by atoms with Crippen LogP contribution in [-0.4, -0.2) is 17.1 Å². The maximum atomic E-state index is 9.46. The predicted molar refractivity (Wildman–Crippen MR) is 78.1 cm³/mol. The van der Waals surface area contributed by atoms with Gasteiger partial charge < -0.3 is 10.0 Å². The molecule has 0 fully saturated rings. The van der Waals surface area contributed by atoms with Crippen LogP contribution in [-0.2, 0) is 6.54 Å². The van der Waals surface area contributed by atoms with Crippen molar-refractivity contribution < 1.29 is 5.11 Å². The summed E-state index contributed by atoms with van der Waals surface area (Å²) >= 11 is 0. The Bertz CT molecular complexity index is 614. The Kier molecular flexibility index (Phi) is 4.34. The lowest BCUT2D eigenvalue weighted by Gasteiger charge is -2.19. The van der Waals surface area contributed by atoms with Gasteiger partial charge in [-0.15, -0.1) is 0 Å². The van der Waals surface area contributed by atoms with E-state index in [1.54, 1.807) is 19.2 Å². The quantitative estimate of drug-likeness (QED) is 0.925. The number of aromatic nitrogens is 1. The Morgan fingerprint density at radius 2 is 2.15 bits per heavy atom. The lowest BCUT2D eigenvalue weighted by Crippen LogP contribution is -2.17. The van der Waals surface area contributed by atoms with Gasteiger partial charge in [0.2, 0.25) is 0 Å². The van der Waals surface area contributed by atoms with Crippen LogP contribution in [0, 0.1) is 11.3 Å². The number of rotatable bonds is 4. The molecule has 1 aromatic carbocycles. The Labute approximate surface area is 118 Å². The summed E-state index contributed by atoms with van der Waals surface area (Å²) in [6.07, 6.45) is 1.18. The fraction of sp³-hybridized carbons (Fsp3) is 0.250. The highest BCUT2D eigenvalue weighted by molar-refractivity contribution is 5.41. The maximum Gasteiger partial charge on any atom is 0.128 e. The zero-order valence-corrected chi connectivity index (χ0v) is 11.6. The fourth-order valence-electron chi connectivity index (χ4n) is 1.96. The molecule has 102 valence electrons. The zero-order valence-electron chi connectivity index (χ0n) is 11.6. The second-order valence-electron chi connectivity index (χ2n) is 4.79. The summed E-state index contributed by atoms with van der Waals surface area (Å²) in [6.45, 7) is 2.39. The van der Waals surface area contributed by atoms with Crippen LogP contribution in [0.25, 0.3) is 0 Å². The molecule has 0 aliphatic rings. The molecule has 0 spiro atoms. The minimum atomic E-state index is -0.505. The lowest BCUT2D eigenvalue weighted by atomic mass is 10.1. The van der Waals surface area contributed by atoms with E-state index in [0.717, 1.165) is 16.9 Å². The smallest absolute Gasteiger partial charge is 0.128 e. The van der Waals surface area contributed by atoms with Crippen molar-refractivity contribution in [3.63, 3.8) is 0 Å². The molecule has 1 atom stereocenters. The molecule has 1 heterocycles.